The van der Waals surface area contributed by atoms with E-state index in [1.165, 1.54) is 19.3 Å². The molecule has 0 radical (unpaired) electrons. The standard InChI is InChI=1S/C11H23N3O/c1-3-6-13-10-5-4-7-14(8-10)9-11(15)12-2/h10,13H,3-9H2,1-2H3,(H,12,15). The van der Waals surface area contributed by atoms with Crippen LogP contribution in [0.4, 0.5) is 0 Å². The molecule has 0 aliphatic carbocycles. The molecule has 2 N–H and O–H groups in total. The molecule has 1 atom stereocenters. The number of nitrogens with zero attached hydrogens (tertiary/aromatic N) is 1. The van der Waals surface area contributed by atoms with Crippen LogP contribution in [0.25, 0.3) is 0 Å². The van der Waals surface area contributed by atoms with Gasteiger partial charge in [0.2, 0.25) is 5.91 Å². The van der Waals surface area contributed by atoms with Crippen LogP contribution < -0.4 is 10.6 Å². The quantitative estimate of drug-likeness (QED) is 0.685. The van der Waals surface area contributed by atoms with E-state index in [0.717, 1.165) is 19.6 Å². The highest BCUT2D eigenvalue weighted by Gasteiger charge is 2.20. The number of carbonyl (C=O) groups is 1. The van der Waals surface area contributed by atoms with E-state index < -0.39 is 0 Å². The molecule has 1 fully saturated rings. The predicted octanol–water partition coefficient (Wildman–Crippen LogP) is 0.196. The van der Waals surface area contributed by atoms with Crippen molar-refractivity contribution in [2.75, 3.05) is 33.2 Å². The molecule has 15 heavy (non-hydrogen) atoms. The van der Waals surface area contributed by atoms with Crippen LogP contribution in [0.1, 0.15) is 26.2 Å². The van der Waals surface area contributed by atoms with E-state index in [1.807, 2.05) is 0 Å². The Balaban J connectivity index is 2.25. The Labute approximate surface area is 92.4 Å². The average molecular weight is 213 g/mol. The second kappa shape index (κ2) is 6.80. The molecule has 1 aliphatic heterocycles. The lowest BCUT2D eigenvalue weighted by Crippen LogP contribution is -2.48. The van der Waals surface area contributed by atoms with Gasteiger partial charge in [-0.2, -0.15) is 0 Å². The van der Waals surface area contributed by atoms with Gasteiger partial charge >= 0.3 is 0 Å². The fourth-order valence-corrected chi connectivity index (χ4v) is 2.00. The van der Waals surface area contributed by atoms with Crippen LogP contribution in [0.15, 0.2) is 0 Å². The van der Waals surface area contributed by atoms with Crippen LogP contribution in [0.5, 0.6) is 0 Å². The first kappa shape index (κ1) is 12.5. The number of nitrogens with one attached hydrogen (secondary N) is 2. The van der Waals surface area contributed by atoms with Crippen molar-refractivity contribution in [2.45, 2.75) is 32.2 Å². The summed E-state index contributed by atoms with van der Waals surface area (Å²) in [5.41, 5.74) is 0. The van der Waals surface area contributed by atoms with Gasteiger partial charge < -0.3 is 10.6 Å². The molecule has 1 heterocycles. The van der Waals surface area contributed by atoms with Crippen molar-refractivity contribution in [3.8, 4) is 0 Å². The van der Waals surface area contributed by atoms with Crippen LogP contribution in [0.3, 0.4) is 0 Å². The number of amides is 1. The third kappa shape index (κ3) is 4.62. The summed E-state index contributed by atoms with van der Waals surface area (Å²) in [5.74, 6) is 0.117. The highest BCUT2D eigenvalue weighted by atomic mass is 16.1. The van der Waals surface area contributed by atoms with E-state index in [1.54, 1.807) is 7.05 Å². The molecular weight excluding hydrogens is 190 g/mol. The predicted molar refractivity (Wildman–Crippen MR) is 61.8 cm³/mol. The molecule has 88 valence electrons. The minimum absolute atomic E-state index is 0.117. The maximum atomic E-state index is 11.2. The minimum Gasteiger partial charge on any atom is -0.358 e. The molecule has 1 aliphatic rings. The SMILES string of the molecule is CCCNC1CCCN(CC(=O)NC)C1. The van der Waals surface area contributed by atoms with Crippen LogP contribution >= 0.6 is 0 Å². The van der Waals surface area contributed by atoms with Crippen LogP contribution in [-0.4, -0.2) is 50.1 Å². The summed E-state index contributed by atoms with van der Waals surface area (Å²) in [5, 5.41) is 6.19. The first-order chi connectivity index (χ1) is 7.26. The number of likely N-dealkylation sites (N-methyl/N-ethyl adjacent to an activating group) is 1. The second-order valence-electron chi connectivity index (χ2n) is 4.20. The van der Waals surface area contributed by atoms with Gasteiger partial charge in [-0.05, 0) is 32.4 Å². The third-order valence-electron chi connectivity index (χ3n) is 2.83. The van der Waals surface area contributed by atoms with Crippen molar-refractivity contribution in [3.05, 3.63) is 0 Å². The molecule has 0 aromatic rings. The van der Waals surface area contributed by atoms with Gasteiger partial charge in [0.05, 0.1) is 6.54 Å². The van der Waals surface area contributed by atoms with E-state index in [-0.39, 0.29) is 5.91 Å². The van der Waals surface area contributed by atoms with Gasteiger partial charge in [-0.3, -0.25) is 9.69 Å². The molecule has 1 unspecified atom stereocenters. The zero-order chi connectivity index (χ0) is 11.1. The molecule has 4 nitrogen and oxygen atoms in total. The summed E-state index contributed by atoms with van der Waals surface area (Å²) >= 11 is 0. The van der Waals surface area contributed by atoms with Gasteiger partial charge in [0, 0.05) is 19.6 Å². The number of rotatable bonds is 5. The van der Waals surface area contributed by atoms with Crippen LogP contribution in [0.2, 0.25) is 0 Å². The van der Waals surface area contributed by atoms with E-state index in [2.05, 4.69) is 22.5 Å². The number of hydrogen-bond donors (Lipinski definition) is 2. The van der Waals surface area contributed by atoms with E-state index in [0.29, 0.717) is 12.6 Å². The van der Waals surface area contributed by atoms with Gasteiger partial charge in [0.15, 0.2) is 0 Å². The van der Waals surface area contributed by atoms with Gasteiger partial charge in [-0.15, -0.1) is 0 Å². The largest absolute Gasteiger partial charge is 0.358 e. The first-order valence-electron chi connectivity index (χ1n) is 5.92. The zero-order valence-corrected chi connectivity index (χ0v) is 9.88. The van der Waals surface area contributed by atoms with Gasteiger partial charge in [0.25, 0.3) is 0 Å². The van der Waals surface area contributed by atoms with Crippen LogP contribution in [0, 0.1) is 0 Å². The summed E-state index contributed by atoms with van der Waals surface area (Å²) in [6.45, 7) is 5.86. The molecule has 0 aromatic carbocycles. The number of carbonyl (C=O) groups excluding carboxylic acids is 1. The second-order valence-corrected chi connectivity index (χ2v) is 4.20. The topological polar surface area (TPSA) is 44.4 Å². The first-order valence-corrected chi connectivity index (χ1v) is 5.92. The van der Waals surface area contributed by atoms with Crippen molar-refractivity contribution >= 4 is 5.91 Å². The summed E-state index contributed by atoms with van der Waals surface area (Å²) in [6, 6.07) is 0.573. The number of likely N-dealkylation sites (tertiary alicyclic amines) is 1. The average Bonchev–Trinajstić information content (AvgIpc) is 2.26. The van der Waals surface area contributed by atoms with Crippen molar-refractivity contribution in [1.82, 2.24) is 15.5 Å². The molecular formula is C11H23N3O. The summed E-state index contributed by atoms with van der Waals surface area (Å²) in [4.78, 5) is 13.5. The summed E-state index contributed by atoms with van der Waals surface area (Å²) in [6.07, 6.45) is 3.61. The van der Waals surface area contributed by atoms with Gasteiger partial charge in [0.1, 0.15) is 0 Å². The zero-order valence-electron chi connectivity index (χ0n) is 9.88. The molecule has 0 bridgehead atoms. The Bertz CT molecular complexity index is 196. The number of piperidine rings is 1. The van der Waals surface area contributed by atoms with Crippen LogP contribution in [-0.2, 0) is 4.79 Å². The fraction of sp³-hybridized carbons (Fsp3) is 0.909. The Hall–Kier alpha value is -0.610. The molecule has 1 amide bonds. The Kier molecular flexibility index (Phi) is 5.65. The fourth-order valence-electron chi connectivity index (χ4n) is 2.00. The van der Waals surface area contributed by atoms with Crippen molar-refractivity contribution in [2.24, 2.45) is 0 Å². The van der Waals surface area contributed by atoms with E-state index in [4.69, 9.17) is 0 Å². The molecule has 0 spiro atoms. The summed E-state index contributed by atoms with van der Waals surface area (Å²) in [7, 11) is 1.69. The smallest absolute Gasteiger partial charge is 0.233 e. The normalized spacial score (nSPS) is 22.7. The van der Waals surface area contributed by atoms with Crippen molar-refractivity contribution in [1.29, 1.82) is 0 Å². The lowest BCUT2D eigenvalue weighted by molar-refractivity contribution is -0.122. The highest BCUT2D eigenvalue weighted by molar-refractivity contribution is 5.77. The molecule has 1 rings (SSSR count). The third-order valence-corrected chi connectivity index (χ3v) is 2.83. The summed E-state index contributed by atoms with van der Waals surface area (Å²) < 4.78 is 0. The maximum Gasteiger partial charge on any atom is 0.233 e. The monoisotopic (exact) mass is 213 g/mol. The highest BCUT2D eigenvalue weighted by Crippen LogP contribution is 2.09. The van der Waals surface area contributed by atoms with Crippen molar-refractivity contribution < 1.29 is 4.79 Å². The van der Waals surface area contributed by atoms with Crippen molar-refractivity contribution in [3.63, 3.8) is 0 Å². The Morgan fingerprint density at radius 3 is 3.00 bits per heavy atom. The number of hydrogen-bond acceptors (Lipinski definition) is 3. The van der Waals surface area contributed by atoms with E-state index >= 15 is 0 Å². The maximum absolute atomic E-state index is 11.2. The lowest BCUT2D eigenvalue weighted by Gasteiger charge is -2.32. The lowest BCUT2D eigenvalue weighted by atomic mass is 10.1. The molecule has 4 heteroatoms. The van der Waals surface area contributed by atoms with Gasteiger partial charge in [-0.1, -0.05) is 6.92 Å². The molecule has 0 aromatic heterocycles. The van der Waals surface area contributed by atoms with Gasteiger partial charge in [-0.25, -0.2) is 0 Å². The minimum atomic E-state index is 0.117. The molecule has 0 saturated carbocycles. The Morgan fingerprint density at radius 1 is 1.53 bits per heavy atom. The Morgan fingerprint density at radius 2 is 2.33 bits per heavy atom. The van der Waals surface area contributed by atoms with E-state index in [9.17, 15) is 4.79 Å². The molecule has 1 saturated heterocycles.